The molecular weight excluding hydrogens is 309 g/mol. The molecular formula is C14H10FN3OS2. The van der Waals surface area contributed by atoms with Gasteiger partial charge in [-0.2, -0.15) is 0 Å². The van der Waals surface area contributed by atoms with Crippen molar-refractivity contribution in [3.8, 4) is 10.6 Å². The van der Waals surface area contributed by atoms with Crippen LogP contribution in [0.15, 0.2) is 41.8 Å². The molecule has 0 aliphatic heterocycles. The molecule has 0 fully saturated rings. The monoisotopic (exact) mass is 319 g/mol. The van der Waals surface area contributed by atoms with Gasteiger partial charge in [0.25, 0.3) is 5.91 Å². The minimum atomic E-state index is -0.382. The fourth-order valence-electron chi connectivity index (χ4n) is 1.78. The molecule has 0 saturated carbocycles. The topological polar surface area (TPSA) is 68.0 Å². The van der Waals surface area contributed by atoms with Gasteiger partial charge in [-0.1, -0.05) is 17.4 Å². The first-order valence-electron chi connectivity index (χ1n) is 6.00. The highest BCUT2D eigenvalue weighted by Crippen LogP contribution is 2.36. The van der Waals surface area contributed by atoms with Crippen LogP contribution in [0.2, 0.25) is 0 Å². The number of carbonyl (C=O) groups excluding carboxylic acids is 1. The number of nitrogen functional groups attached to an aromatic ring is 1. The second-order valence-corrected chi connectivity index (χ2v) is 6.15. The second kappa shape index (κ2) is 5.63. The van der Waals surface area contributed by atoms with Gasteiger partial charge in [0.1, 0.15) is 16.5 Å². The van der Waals surface area contributed by atoms with Crippen LogP contribution in [-0.4, -0.2) is 10.9 Å². The molecule has 3 N–H and O–H groups in total. The molecule has 3 aromatic rings. The van der Waals surface area contributed by atoms with Gasteiger partial charge >= 0.3 is 0 Å². The Hall–Kier alpha value is -2.25. The van der Waals surface area contributed by atoms with Gasteiger partial charge in [0.15, 0.2) is 5.13 Å². The quantitative estimate of drug-likeness (QED) is 0.770. The average Bonchev–Trinajstić information content (AvgIpc) is 3.09. The van der Waals surface area contributed by atoms with E-state index in [0.29, 0.717) is 21.4 Å². The second-order valence-electron chi connectivity index (χ2n) is 4.17. The zero-order valence-corrected chi connectivity index (χ0v) is 12.3. The summed E-state index contributed by atoms with van der Waals surface area (Å²) in [5.41, 5.74) is 6.76. The lowest BCUT2D eigenvalue weighted by molar-refractivity contribution is 0.102. The van der Waals surface area contributed by atoms with Crippen LogP contribution in [0.1, 0.15) is 10.4 Å². The Labute approximate surface area is 128 Å². The maximum absolute atomic E-state index is 12.9. The summed E-state index contributed by atoms with van der Waals surface area (Å²) in [7, 11) is 0. The number of thiophene rings is 1. The van der Waals surface area contributed by atoms with Crippen LogP contribution in [-0.2, 0) is 0 Å². The number of hydrogen-bond donors (Lipinski definition) is 2. The Morgan fingerprint density at radius 1 is 1.24 bits per heavy atom. The molecule has 4 nitrogen and oxygen atoms in total. The van der Waals surface area contributed by atoms with Gasteiger partial charge in [-0.05, 0) is 35.7 Å². The van der Waals surface area contributed by atoms with Crippen molar-refractivity contribution in [1.29, 1.82) is 0 Å². The van der Waals surface area contributed by atoms with Crippen molar-refractivity contribution >= 4 is 38.7 Å². The zero-order chi connectivity index (χ0) is 14.8. The number of amides is 1. The summed E-state index contributed by atoms with van der Waals surface area (Å²) in [6.45, 7) is 0. The maximum Gasteiger partial charge on any atom is 0.256 e. The third-order valence-electron chi connectivity index (χ3n) is 2.73. The molecule has 0 aliphatic carbocycles. The van der Waals surface area contributed by atoms with E-state index in [4.69, 9.17) is 5.73 Å². The molecule has 1 aromatic carbocycles. The van der Waals surface area contributed by atoms with E-state index in [2.05, 4.69) is 10.3 Å². The first-order chi connectivity index (χ1) is 10.1. The molecule has 2 heterocycles. The summed E-state index contributed by atoms with van der Waals surface area (Å²) in [5.74, 6) is -0.704. The number of nitrogens with zero attached hydrogens (tertiary/aromatic N) is 1. The van der Waals surface area contributed by atoms with Crippen molar-refractivity contribution in [3.05, 3.63) is 53.2 Å². The van der Waals surface area contributed by atoms with Crippen molar-refractivity contribution in [3.63, 3.8) is 0 Å². The molecule has 0 atom stereocenters. The third-order valence-corrected chi connectivity index (χ3v) is 4.41. The van der Waals surface area contributed by atoms with Gasteiger partial charge in [-0.15, -0.1) is 11.3 Å². The number of rotatable bonds is 3. The van der Waals surface area contributed by atoms with E-state index >= 15 is 0 Å². The van der Waals surface area contributed by atoms with E-state index in [1.54, 1.807) is 0 Å². The fraction of sp³-hybridized carbons (Fsp3) is 0. The van der Waals surface area contributed by atoms with Crippen LogP contribution in [0.5, 0.6) is 0 Å². The molecule has 0 saturated heterocycles. The number of carbonyl (C=O) groups is 1. The van der Waals surface area contributed by atoms with Crippen molar-refractivity contribution in [2.45, 2.75) is 0 Å². The van der Waals surface area contributed by atoms with Gasteiger partial charge < -0.3 is 11.1 Å². The minimum absolute atomic E-state index is 0.323. The molecule has 106 valence electrons. The number of nitrogens with two attached hydrogens (primary N) is 1. The van der Waals surface area contributed by atoms with E-state index < -0.39 is 0 Å². The Morgan fingerprint density at radius 2 is 2.00 bits per heavy atom. The number of thiazole rings is 1. The van der Waals surface area contributed by atoms with Crippen molar-refractivity contribution < 1.29 is 9.18 Å². The highest BCUT2D eigenvalue weighted by atomic mass is 32.1. The van der Waals surface area contributed by atoms with Crippen molar-refractivity contribution in [2.24, 2.45) is 0 Å². The van der Waals surface area contributed by atoms with Crippen LogP contribution < -0.4 is 11.1 Å². The van der Waals surface area contributed by atoms with Crippen LogP contribution in [0.25, 0.3) is 10.6 Å². The number of anilines is 2. The number of halogens is 1. The van der Waals surface area contributed by atoms with Crippen LogP contribution in [0, 0.1) is 5.82 Å². The molecule has 3 rings (SSSR count). The lowest BCUT2D eigenvalue weighted by Crippen LogP contribution is -2.11. The predicted octanol–water partition coefficient (Wildman–Crippen LogP) is 3.85. The molecule has 0 aliphatic rings. The van der Waals surface area contributed by atoms with E-state index in [1.165, 1.54) is 46.9 Å². The van der Waals surface area contributed by atoms with Crippen LogP contribution >= 0.6 is 22.7 Å². The van der Waals surface area contributed by atoms with Crippen molar-refractivity contribution in [2.75, 3.05) is 11.1 Å². The standard InChI is InChI=1S/C14H10FN3OS2/c15-9-5-3-8(4-6-9)12(19)18-13-11(17-14(16)21-13)10-2-1-7-20-10/h1-7H,(H2,16,17)(H,18,19). The Bertz CT molecular complexity index is 766. The van der Waals surface area contributed by atoms with Gasteiger partial charge in [-0.25, -0.2) is 9.37 Å². The largest absolute Gasteiger partial charge is 0.375 e. The van der Waals surface area contributed by atoms with Gasteiger partial charge in [-0.3, -0.25) is 4.79 Å². The normalized spacial score (nSPS) is 10.5. The number of benzene rings is 1. The lowest BCUT2D eigenvalue weighted by Gasteiger charge is -2.04. The van der Waals surface area contributed by atoms with Gasteiger partial charge in [0, 0.05) is 5.56 Å². The maximum atomic E-state index is 12.9. The van der Waals surface area contributed by atoms with Crippen molar-refractivity contribution in [1.82, 2.24) is 4.98 Å². The number of hydrogen-bond acceptors (Lipinski definition) is 5. The Balaban J connectivity index is 1.88. The SMILES string of the molecule is Nc1nc(-c2cccs2)c(NC(=O)c2ccc(F)cc2)s1. The van der Waals surface area contributed by atoms with Crippen LogP contribution in [0.3, 0.4) is 0 Å². The highest BCUT2D eigenvalue weighted by molar-refractivity contribution is 7.21. The number of nitrogens with one attached hydrogen (secondary N) is 1. The Kier molecular flexibility index (Phi) is 3.68. The molecule has 1 amide bonds. The molecule has 0 unspecified atom stereocenters. The van der Waals surface area contributed by atoms with Gasteiger partial charge in [0.2, 0.25) is 0 Å². The van der Waals surface area contributed by atoms with E-state index in [1.807, 2.05) is 17.5 Å². The van der Waals surface area contributed by atoms with Gasteiger partial charge in [0.05, 0.1) is 4.88 Å². The first-order valence-corrected chi connectivity index (χ1v) is 7.70. The molecule has 0 radical (unpaired) electrons. The molecule has 21 heavy (non-hydrogen) atoms. The summed E-state index contributed by atoms with van der Waals surface area (Å²) in [6.07, 6.45) is 0. The molecule has 2 aromatic heterocycles. The molecule has 0 bridgehead atoms. The minimum Gasteiger partial charge on any atom is -0.375 e. The molecule has 7 heteroatoms. The lowest BCUT2D eigenvalue weighted by atomic mass is 10.2. The summed E-state index contributed by atoms with van der Waals surface area (Å²) in [5, 5.41) is 5.67. The van der Waals surface area contributed by atoms with E-state index in [-0.39, 0.29) is 11.7 Å². The highest BCUT2D eigenvalue weighted by Gasteiger charge is 2.16. The average molecular weight is 319 g/mol. The third kappa shape index (κ3) is 2.93. The first kappa shape index (κ1) is 13.7. The molecule has 0 spiro atoms. The van der Waals surface area contributed by atoms with Crippen LogP contribution in [0.4, 0.5) is 14.5 Å². The summed E-state index contributed by atoms with van der Waals surface area (Å²) in [6, 6.07) is 9.17. The summed E-state index contributed by atoms with van der Waals surface area (Å²) in [4.78, 5) is 17.3. The smallest absolute Gasteiger partial charge is 0.256 e. The predicted molar refractivity (Wildman–Crippen MR) is 84.2 cm³/mol. The van der Waals surface area contributed by atoms with E-state index in [9.17, 15) is 9.18 Å². The summed E-state index contributed by atoms with van der Waals surface area (Å²) < 4.78 is 12.9. The fourth-order valence-corrected chi connectivity index (χ4v) is 3.31. The Morgan fingerprint density at radius 3 is 2.67 bits per heavy atom. The summed E-state index contributed by atoms with van der Waals surface area (Å²) >= 11 is 2.72. The zero-order valence-electron chi connectivity index (χ0n) is 10.7. The van der Waals surface area contributed by atoms with E-state index in [0.717, 1.165) is 4.88 Å². The number of aromatic nitrogens is 1.